The van der Waals surface area contributed by atoms with Gasteiger partial charge in [0.1, 0.15) is 5.82 Å². The maximum atomic E-state index is 11.9. The Hall–Kier alpha value is -1.67. The Balaban J connectivity index is 1.80. The number of thiophene rings is 1. The van der Waals surface area contributed by atoms with Gasteiger partial charge in [0.25, 0.3) is 5.91 Å². The van der Waals surface area contributed by atoms with Gasteiger partial charge in [-0.2, -0.15) is 4.98 Å². The number of amides is 1. The van der Waals surface area contributed by atoms with Gasteiger partial charge in [-0.15, -0.1) is 11.3 Å². The van der Waals surface area contributed by atoms with E-state index in [0.29, 0.717) is 23.9 Å². The number of carbonyl (C=O) groups is 1. The number of aromatic nitrogens is 2. The van der Waals surface area contributed by atoms with E-state index in [2.05, 4.69) is 41.8 Å². The first-order valence-electron chi connectivity index (χ1n) is 6.94. The molecule has 1 amide bonds. The summed E-state index contributed by atoms with van der Waals surface area (Å²) in [7, 11) is 0. The van der Waals surface area contributed by atoms with E-state index in [1.54, 1.807) is 6.07 Å². The van der Waals surface area contributed by atoms with Crippen LogP contribution in [0.15, 0.2) is 22.0 Å². The fraction of sp³-hybridized carbons (Fsp3) is 0.357. The number of nitrogens with one attached hydrogen (secondary N) is 3. The first-order valence-corrected chi connectivity index (χ1v) is 8.61. The first kappa shape index (κ1) is 16.7. The Labute approximate surface area is 141 Å². The van der Waals surface area contributed by atoms with Crippen molar-refractivity contribution in [2.75, 3.05) is 30.3 Å². The lowest BCUT2D eigenvalue weighted by molar-refractivity contribution is 0.0959. The maximum Gasteiger partial charge on any atom is 0.261 e. The smallest absolute Gasteiger partial charge is 0.261 e. The second-order valence-electron chi connectivity index (χ2n) is 4.56. The number of rotatable bonds is 7. The van der Waals surface area contributed by atoms with E-state index >= 15 is 0 Å². The number of nitrogens with zero attached hydrogens (tertiary/aromatic N) is 2. The van der Waals surface area contributed by atoms with Crippen molar-refractivity contribution < 1.29 is 4.79 Å². The average molecular weight is 384 g/mol. The summed E-state index contributed by atoms with van der Waals surface area (Å²) in [6, 6.07) is 3.70. The molecule has 0 aromatic carbocycles. The van der Waals surface area contributed by atoms with Crippen LogP contribution < -0.4 is 16.0 Å². The van der Waals surface area contributed by atoms with Crippen LogP contribution in [-0.4, -0.2) is 35.5 Å². The van der Waals surface area contributed by atoms with Crippen molar-refractivity contribution in [2.24, 2.45) is 0 Å². The summed E-state index contributed by atoms with van der Waals surface area (Å²) in [5.41, 5.74) is 0.890. The summed E-state index contributed by atoms with van der Waals surface area (Å²) in [6.45, 7) is 5.81. The molecular formula is C14H18BrN5OS. The van der Waals surface area contributed by atoms with E-state index in [4.69, 9.17) is 0 Å². The topological polar surface area (TPSA) is 78.9 Å². The summed E-state index contributed by atoms with van der Waals surface area (Å²) >= 11 is 4.74. The van der Waals surface area contributed by atoms with Gasteiger partial charge in [-0.25, -0.2) is 4.98 Å². The highest BCUT2D eigenvalue weighted by atomic mass is 79.9. The van der Waals surface area contributed by atoms with Crippen LogP contribution in [0, 0.1) is 6.92 Å². The molecule has 0 unspecified atom stereocenters. The molecule has 0 saturated carbocycles. The van der Waals surface area contributed by atoms with E-state index in [-0.39, 0.29) is 5.91 Å². The molecule has 0 radical (unpaired) electrons. The van der Waals surface area contributed by atoms with E-state index in [0.717, 1.165) is 22.5 Å². The van der Waals surface area contributed by atoms with E-state index in [9.17, 15) is 4.79 Å². The van der Waals surface area contributed by atoms with Gasteiger partial charge >= 0.3 is 0 Å². The molecule has 0 saturated heterocycles. The minimum atomic E-state index is -0.0731. The zero-order chi connectivity index (χ0) is 15.9. The summed E-state index contributed by atoms with van der Waals surface area (Å²) in [6.07, 6.45) is 0. The molecule has 0 aliphatic carbocycles. The number of hydrogen-bond acceptors (Lipinski definition) is 6. The molecule has 2 heterocycles. The van der Waals surface area contributed by atoms with E-state index in [1.165, 1.54) is 11.3 Å². The van der Waals surface area contributed by atoms with Crippen LogP contribution in [0.3, 0.4) is 0 Å². The van der Waals surface area contributed by atoms with Gasteiger partial charge in [0.2, 0.25) is 5.95 Å². The lowest BCUT2D eigenvalue weighted by Gasteiger charge is -2.09. The zero-order valence-corrected chi connectivity index (χ0v) is 14.8. The van der Waals surface area contributed by atoms with Crippen LogP contribution >= 0.6 is 27.3 Å². The van der Waals surface area contributed by atoms with Crippen LogP contribution in [0.4, 0.5) is 11.8 Å². The van der Waals surface area contributed by atoms with Crippen LogP contribution in [0.1, 0.15) is 22.3 Å². The van der Waals surface area contributed by atoms with Gasteiger partial charge in [0.15, 0.2) is 0 Å². The minimum Gasteiger partial charge on any atom is -0.370 e. The third-order valence-electron chi connectivity index (χ3n) is 2.70. The Morgan fingerprint density at radius 3 is 2.77 bits per heavy atom. The van der Waals surface area contributed by atoms with Crippen LogP contribution in [0.25, 0.3) is 0 Å². The monoisotopic (exact) mass is 383 g/mol. The summed E-state index contributed by atoms with van der Waals surface area (Å²) in [5, 5.41) is 11.0. The van der Waals surface area contributed by atoms with E-state index in [1.807, 2.05) is 25.3 Å². The molecule has 2 aromatic heterocycles. The van der Waals surface area contributed by atoms with Crippen LogP contribution in [0.5, 0.6) is 0 Å². The molecule has 0 fully saturated rings. The molecule has 0 spiro atoms. The van der Waals surface area contributed by atoms with Gasteiger partial charge in [-0.3, -0.25) is 4.79 Å². The fourth-order valence-corrected chi connectivity index (χ4v) is 3.13. The van der Waals surface area contributed by atoms with Gasteiger partial charge in [-0.05, 0) is 35.8 Å². The summed E-state index contributed by atoms with van der Waals surface area (Å²) < 4.78 is 0.921. The largest absolute Gasteiger partial charge is 0.370 e. The molecule has 0 aliphatic rings. The lowest BCUT2D eigenvalue weighted by atomic mass is 10.4. The van der Waals surface area contributed by atoms with Crippen molar-refractivity contribution in [2.45, 2.75) is 13.8 Å². The third-order valence-corrected chi connectivity index (χ3v) is 4.39. The third kappa shape index (κ3) is 4.96. The molecule has 8 heteroatoms. The Kier molecular flexibility index (Phi) is 6.14. The zero-order valence-electron chi connectivity index (χ0n) is 12.4. The number of anilines is 2. The van der Waals surface area contributed by atoms with Gasteiger partial charge in [0, 0.05) is 41.2 Å². The molecule has 6 nitrogen and oxygen atoms in total. The molecule has 0 bridgehead atoms. The van der Waals surface area contributed by atoms with Crippen molar-refractivity contribution in [3.63, 3.8) is 0 Å². The molecule has 2 rings (SSSR count). The average Bonchev–Trinajstić information content (AvgIpc) is 2.90. The Morgan fingerprint density at radius 2 is 2.09 bits per heavy atom. The van der Waals surface area contributed by atoms with Crippen molar-refractivity contribution in [1.82, 2.24) is 15.3 Å². The standard InChI is InChI=1S/C14H18BrN5OS/c1-3-16-12-6-9(2)19-14(20-12)18-5-4-17-13(21)11-7-10(15)8-22-11/h6-8H,3-5H2,1-2H3,(H,17,21)(H2,16,18,19,20). The van der Waals surface area contributed by atoms with Crippen molar-refractivity contribution in [3.8, 4) is 0 Å². The van der Waals surface area contributed by atoms with Gasteiger partial charge in [0.05, 0.1) is 4.88 Å². The highest BCUT2D eigenvalue weighted by Crippen LogP contribution is 2.19. The number of halogens is 1. The van der Waals surface area contributed by atoms with Gasteiger partial charge in [-0.1, -0.05) is 0 Å². The number of carbonyl (C=O) groups excluding carboxylic acids is 1. The molecule has 2 aromatic rings. The molecule has 118 valence electrons. The fourth-order valence-electron chi connectivity index (χ4n) is 1.79. The maximum absolute atomic E-state index is 11.9. The normalized spacial score (nSPS) is 10.3. The highest BCUT2D eigenvalue weighted by Gasteiger charge is 2.07. The molecule has 0 atom stereocenters. The SMILES string of the molecule is CCNc1cc(C)nc(NCCNC(=O)c2cc(Br)cs2)n1. The second-order valence-corrected chi connectivity index (χ2v) is 6.39. The quantitative estimate of drug-likeness (QED) is 0.640. The molecule has 22 heavy (non-hydrogen) atoms. The molecular weight excluding hydrogens is 366 g/mol. The Bertz CT molecular complexity index is 646. The first-order chi connectivity index (χ1) is 10.6. The summed E-state index contributed by atoms with van der Waals surface area (Å²) in [5.74, 6) is 1.28. The van der Waals surface area contributed by atoms with Gasteiger partial charge < -0.3 is 16.0 Å². The van der Waals surface area contributed by atoms with Crippen molar-refractivity contribution in [1.29, 1.82) is 0 Å². The van der Waals surface area contributed by atoms with Crippen molar-refractivity contribution >= 4 is 44.9 Å². The number of hydrogen-bond donors (Lipinski definition) is 3. The summed E-state index contributed by atoms with van der Waals surface area (Å²) in [4.78, 5) is 21.2. The lowest BCUT2D eigenvalue weighted by Crippen LogP contribution is -2.28. The molecule has 3 N–H and O–H groups in total. The van der Waals surface area contributed by atoms with Crippen LogP contribution in [-0.2, 0) is 0 Å². The predicted octanol–water partition coefficient (Wildman–Crippen LogP) is 2.88. The predicted molar refractivity (Wildman–Crippen MR) is 93.8 cm³/mol. The number of aryl methyl sites for hydroxylation is 1. The van der Waals surface area contributed by atoms with Crippen molar-refractivity contribution in [3.05, 3.63) is 32.6 Å². The minimum absolute atomic E-state index is 0.0731. The second kappa shape index (κ2) is 8.09. The van der Waals surface area contributed by atoms with E-state index < -0.39 is 0 Å². The van der Waals surface area contributed by atoms with Crippen LogP contribution in [0.2, 0.25) is 0 Å². The molecule has 0 aliphatic heterocycles. The highest BCUT2D eigenvalue weighted by molar-refractivity contribution is 9.10. The Morgan fingerprint density at radius 1 is 1.27 bits per heavy atom.